The van der Waals surface area contributed by atoms with E-state index >= 15 is 0 Å². The summed E-state index contributed by atoms with van der Waals surface area (Å²) in [6, 6.07) is 0. The van der Waals surface area contributed by atoms with E-state index < -0.39 is 14.3 Å². The van der Waals surface area contributed by atoms with Crippen molar-refractivity contribution in [3.8, 4) is 0 Å². The fourth-order valence-electron chi connectivity index (χ4n) is 3.84. The van der Waals surface area contributed by atoms with Crippen molar-refractivity contribution < 1.29 is 8.42 Å². The Balaban J connectivity index is 3.04. The van der Waals surface area contributed by atoms with Gasteiger partial charge in [0.05, 0.1) is 0 Å². The van der Waals surface area contributed by atoms with Gasteiger partial charge in [-0.1, -0.05) is 67.6 Å². The average molecular weight is 298 g/mol. The zero-order valence-electron chi connectivity index (χ0n) is 14.9. The van der Waals surface area contributed by atoms with Gasteiger partial charge in [0.1, 0.15) is 9.69 Å². The largest absolute Gasteiger partial charge is 0.280 e. The van der Waals surface area contributed by atoms with Crippen LogP contribution < -0.4 is 0 Å². The van der Waals surface area contributed by atoms with Gasteiger partial charge in [0, 0.05) is 4.65 Å². The van der Waals surface area contributed by atoms with Gasteiger partial charge < -0.3 is 0 Å². The van der Waals surface area contributed by atoms with Crippen LogP contribution >= 0.6 is 0 Å². The number of rotatable bonds is 5. The Morgan fingerprint density at radius 2 is 1.50 bits per heavy atom. The molecule has 1 saturated carbocycles. The average Bonchev–Trinajstić information content (AvgIpc) is 2.58. The predicted octanol–water partition coefficient (Wildman–Crippen LogP) is 3.39. The lowest BCUT2D eigenvalue weighted by molar-refractivity contribution is 0.559. The molecule has 3 atom stereocenters. The van der Waals surface area contributed by atoms with E-state index in [0.29, 0.717) is 18.9 Å². The highest BCUT2D eigenvalue weighted by Gasteiger charge is 2.68. The van der Waals surface area contributed by atoms with Crippen LogP contribution in [-0.4, -0.2) is 26.9 Å². The van der Waals surface area contributed by atoms with Gasteiger partial charge in [0.2, 0.25) is 0 Å². The minimum Gasteiger partial charge on any atom is -0.242 e. The van der Waals surface area contributed by atoms with E-state index in [2.05, 4.69) is 48.5 Å². The molecule has 1 rings (SSSR count). The van der Waals surface area contributed by atoms with E-state index in [0.717, 1.165) is 7.28 Å². The van der Waals surface area contributed by atoms with Crippen LogP contribution in [0.25, 0.3) is 0 Å². The summed E-state index contributed by atoms with van der Waals surface area (Å²) in [5, 5.41) is -0.0381. The second kappa shape index (κ2) is 4.79. The van der Waals surface area contributed by atoms with Crippen molar-refractivity contribution in [3.63, 3.8) is 0 Å². The van der Waals surface area contributed by atoms with E-state index in [1.807, 2.05) is 13.8 Å². The monoisotopic (exact) mass is 298 g/mol. The van der Waals surface area contributed by atoms with Crippen LogP contribution in [0.15, 0.2) is 0 Å². The lowest BCUT2D eigenvalue weighted by Crippen LogP contribution is -2.47. The van der Waals surface area contributed by atoms with Crippen LogP contribution in [0, 0.1) is 11.3 Å². The maximum atomic E-state index is 13.1. The minimum absolute atomic E-state index is 0.0312. The van der Waals surface area contributed by atoms with Crippen molar-refractivity contribution in [1.82, 2.24) is 0 Å². The van der Waals surface area contributed by atoms with Crippen LogP contribution in [0.4, 0.5) is 0 Å². The molecule has 0 spiro atoms. The Morgan fingerprint density at radius 1 is 1.10 bits per heavy atom. The highest BCUT2D eigenvalue weighted by atomic mass is 32.2. The van der Waals surface area contributed by atoms with Crippen molar-refractivity contribution >= 4 is 23.5 Å². The topological polar surface area (TPSA) is 34.1 Å². The third-order valence-corrected chi connectivity index (χ3v) is 9.23. The van der Waals surface area contributed by atoms with E-state index in [-0.39, 0.29) is 16.0 Å². The van der Waals surface area contributed by atoms with E-state index in [1.54, 1.807) is 0 Å². The predicted molar refractivity (Wildman–Crippen MR) is 92.9 cm³/mol. The Hall–Kier alpha value is 0.0799. The molecule has 0 N–H and O–H groups in total. The summed E-state index contributed by atoms with van der Waals surface area (Å²) in [4.78, 5) is 0. The molecule has 0 bridgehead atoms. The van der Waals surface area contributed by atoms with Crippen LogP contribution in [0.1, 0.15) is 68.7 Å². The van der Waals surface area contributed by atoms with Crippen LogP contribution in [0.3, 0.4) is 0 Å². The molecule has 0 aromatic heterocycles. The molecular formula is C15H32B2O2S. The first-order valence-electron chi connectivity index (χ1n) is 7.85. The molecule has 0 saturated heterocycles. The molecule has 0 aliphatic heterocycles. The van der Waals surface area contributed by atoms with Crippen LogP contribution in [0.2, 0.25) is 10.6 Å². The molecule has 3 unspecified atom stereocenters. The fourth-order valence-corrected chi connectivity index (χ4v) is 6.69. The summed E-state index contributed by atoms with van der Waals surface area (Å²) in [6.07, 6.45) is 0.692. The van der Waals surface area contributed by atoms with Crippen LogP contribution in [-0.2, 0) is 9.69 Å². The molecule has 0 aromatic carbocycles. The van der Waals surface area contributed by atoms with Gasteiger partial charge in [-0.2, -0.15) is 0 Å². The zero-order chi connectivity index (χ0) is 16.2. The summed E-state index contributed by atoms with van der Waals surface area (Å²) in [6.45, 7) is 19.4. The first-order valence-corrected chi connectivity index (χ1v) is 9.50. The third kappa shape index (κ3) is 2.84. The molecule has 0 amide bonds. The van der Waals surface area contributed by atoms with Crippen molar-refractivity contribution in [1.29, 1.82) is 0 Å². The highest BCUT2D eigenvalue weighted by molar-refractivity contribution is 8.17. The third-order valence-electron chi connectivity index (χ3n) is 6.32. The van der Waals surface area contributed by atoms with E-state index in [1.165, 1.54) is 0 Å². The first kappa shape index (κ1) is 18.1. The van der Waals surface area contributed by atoms with E-state index in [4.69, 9.17) is 0 Å². The molecule has 0 aromatic rings. The van der Waals surface area contributed by atoms with Gasteiger partial charge in [0.15, 0.2) is 7.28 Å². The Bertz CT molecular complexity index is 479. The Morgan fingerprint density at radius 3 is 1.75 bits per heavy atom. The van der Waals surface area contributed by atoms with Gasteiger partial charge in [-0.25, -0.2) is 8.42 Å². The normalized spacial score (nSPS) is 32.4. The lowest BCUT2D eigenvalue weighted by atomic mass is 9.47. The molecule has 1 aliphatic carbocycles. The second-order valence-corrected chi connectivity index (χ2v) is 11.7. The smallest absolute Gasteiger partial charge is 0.242 e. The molecule has 1 aliphatic rings. The minimum atomic E-state index is -3.10. The van der Waals surface area contributed by atoms with Crippen molar-refractivity contribution in [2.45, 2.75) is 84.0 Å². The molecule has 20 heavy (non-hydrogen) atoms. The first-order chi connectivity index (χ1) is 8.63. The number of hydrogen-bond acceptors (Lipinski definition) is 2. The van der Waals surface area contributed by atoms with E-state index in [9.17, 15) is 8.42 Å². The summed E-state index contributed by atoms with van der Waals surface area (Å²) < 4.78 is 25.5. The maximum Gasteiger partial charge on any atom is 0.280 e. The summed E-state index contributed by atoms with van der Waals surface area (Å²) in [5.74, 6) is 0.473. The van der Waals surface area contributed by atoms with Gasteiger partial charge >= 0.3 is 0 Å². The summed E-state index contributed by atoms with van der Waals surface area (Å²) >= 11 is 0. The van der Waals surface area contributed by atoms with Crippen molar-refractivity contribution in [2.75, 3.05) is 0 Å². The van der Waals surface area contributed by atoms with Gasteiger partial charge in [-0.15, -0.1) is 0 Å². The number of hydrogen-bond donors (Lipinski definition) is 0. The van der Waals surface area contributed by atoms with Gasteiger partial charge in [-0.05, 0) is 23.1 Å². The molecule has 1 fully saturated rings. The molecule has 0 heterocycles. The van der Waals surface area contributed by atoms with Crippen molar-refractivity contribution in [2.24, 2.45) is 11.3 Å². The second-order valence-electron chi connectivity index (χ2n) is 9.16. The molecule has 0 radical (unpaired) electrons. The molecule has 2 nitrogen and oxygen atoms in total. The van der Waals surface area contributed by atoms with Crippen molar-refractivity contribution in [3.05, 3.63) is 0 Å². The molecular weight excluding hydrogens is 266 g/mol. The maximum absolute atomic E-state index is 13.1. The Labute approximate surface area is 127 Å². The zero-order valence-corrected chi connectivity index (χ0v) is 15.7. The SMILES string of the molecule is CCC(C)(BC(C)(C)C)S(=O)(=O)BC1(C)C(C)C1(C)C. The fraction of sp³-hybridized carbons (Fsp3) is 1.00. The van der Waals surface area contributed by atoms with Gasteiger partial charge in [-0.3, -0.25) is 0 Å². The highest BCUT2D eigenvalue weighted by Crippen LogP contribution is 2.74. The summed E-state index contributed by atoms with van der Waals surface area (Å²) in [5.41, 5.74) is 0.135. The summed E-state index contributed by atoms with van der Waals surface area (Å²) in [7, 11) is -2.38. The standard InChI is InChI=1S/C15H32B2O2S/c1-10-14(8,16-12(3,4)5)20(18,19)17-15(9)11(2)13(15,6)7/h11,16-17H,10H2,1-9H3. The molecule has 116 valence electrons. The lowest BCUT2D eigenvalue weighted by Gasteiger charge is -2.34. The quantitative estimate of drug-likeness (QED) is 0.729. The molecule has 5 heteroatoms. The van der Waals surface area contributed by atoms with Crippen LogP contribution in [0.5, 0.6) is 0 Å². The Kier molecular flexibility index (Phi) is 4.34. The van der Waals surface area contributed by atoms with Gasteiger partial charge in [0.25, 0.3) is 6.56 Å².